The average Bonchev–Trinajstić information content (AvgIpc) is 2.50. The van der Waals surface area contributed by atoms with E-state index in [0.29, 0.717) is 12.3 Å². The first-order valence-corrected chi connectivity index (χ1v) is 8.32. The summed E-state index contributed by atoms with van der Waals surface area (Å²) in [6.45, 7) is 2.47. The molecule has 21 heavy (non-hydrogen) atoms. The van der Waals surface area contributed by atoms with Crippen molar-refractivity contribution in [2.24, 2.45) is 0 Å². The van der Waals surface area contributed by atoms with Crippen molar-refractivity contribution in [3.8, 4) is 5.75 Å². The van der Waals surface area contributed by atoms with Crippen LogP contribution in [0, 0.1) is 0 Å². The summed E-state index contributed by atoms with van der Waals surface area (Å²) < 4.78 is 6.62. The van der Waals surface area contributed by atoms with Crippen LogP contribution in [-0.2, 0) is 4.79 Å². The van der Waals surface area contributed by atoms with Crippen LogP contribution in [0.5, 0.6) is 5.75 Å². The van der Waals surface area contributed by atoms with Crippen LogP contribution in [0.2, 0.25) is 0 Å². The predicted molar refractivity (Wildman–Crippen MR) is 88.4 cm³/mol. The number of carbonyl (C=O) groups is 1. The normalized spacial score (nSPS) is 16.0. The molecule has 1 atom stereocenters. The smallest absolute Gasteiger partial charge is 0.260 e. The summed E-state index contributed by atoms with van der Waals surface area (Å²) >= 11 is 3.37. The van der Waals surface area contributed by atoms with Crippen LogP contribution in [0.3, 0.4) is 0 Å². The predicted octanol–water partition coefficient (Wildman–Crippen LogP) is 4.22. The summed E-state index contributed by atoms with van der Waals surface area (Å²) in [6, 6.07) is 7.49. The van der Waals surface area contributed by atoms with E-state index < -0.39 is 6.10 Å². The van der Waals surface area contributed by atoms with Crippen LogP contribution < -0.4 is 10.1 Å². The lowest BCUT2D eigenvalue weighted by molar-refractivity contribution is -0.127. The number of carbonyl (C=O) groups excluding carboxylic acids is 1. The Kier molecular flexibility index (Phi) is 6.30. The topological polar surface area (TPSA) is 38.3 Å². The number of allylic oxidation sites excluding steroid dienone is 1. The molecule has 0 unspecified atom stereocenters. The Morgan fingerprint density at radius 3 is 2.76 bits per heavy atom. The molecule has 0 aromatic heterocycles. The van der Waals surface area contributed by atoms with Gasteiger partial charge < -0.3 is 10.1 Å². The minimum atomic E-state index is -0.480. The van der Waals surface area contributed by atoms with Gasteiger partial charge in [-0.25, -0.2) is 0 Å². The van der Waals surface area contributed by atoms with Gasteiger partial charge in [0.1, 0.15) is 5.75 Å². The van der Waals surface area contributed by atoms with Gasteiger partial charge in [0.2, 0.25) is 0 Å². The van der Waals surface area contributed by atoms with Crippen molar-refractivity contribution >= 4 is 21.8 Å². The lowest BCUT2D eigenvalue weighted by atomic mass is 9.97. The molecule has 0 saturated carbocycles. The largest absolute Gasteiger partial charge is 0.481 e. The Morgan fingerprint density at radius 1 is 1.33 bits per heavy atom. The van der Waals surface area contributed by atoms with Crippen LogP contribution in [0.4, 0.5) is 0 Å². The lowest BCUT2D eigenvalue weighted by Gasteiger charge is -2.16. The maximum atomic E-state index is 12.0. The number of hydrogen-bond donors (Lipinski definition) is 1. The van der Waals surface area contributed by atoms with Gasteiger partial charge in [-0.05, 0) is 63.3 Å². The fraction of sp³-hybridized carbons (Fsp3) is 0.471. The van der Waals surface area contributed by atoms with Gasteiger partial charge in [0.15, 0.2) is 6.10 Å². The first-order chi connectivity index (χ1) is 10.1. The van der Waals surface area contributed by atoms with E-state index in [1.807, 2.05) is 24.3 Å². The number of nitrogens with one attached hydrogen (secondary N) is 1. The van der Waals surface area contributed by atoms with Crippen LogP contribution in [-0.4, -0.2) is 18.6 Å². The van der Waals surface area contributed by atoms with Gasteiger partial charge >= 0.3 is 0 Å². The molecule has 3 nitrogen and oxygen atoms in total. The Morgan fingerprint density at radius 2 is 2.10 bits per heavy atom. The van der Waals surface area contributed by atoms with Gasteiger partial charge in [-0.15, -0.1) is 0 Å². The fourth-order valence-electron chi connectivity index (χ4n) is 2.39. The molecule has 1 aliphatic carbocycles. The first-order valence-electron chi connectivity index (χ1n) is 7.53. The molecule has 1 aliphatic rings. The van der Waals surface area contributed by atoms with Crippen LogP contribution >= 0.6 is 15.9 Å². The van der Waals surface area contributed by atoms with Gasteiger partial charge in [0, 0.05) is 11.0 Å². The maximum absolute atomic E-state index is 12.0. The van der Waals surface area contributed by atoms with Gasteiger partial charge in [0.05, 0.1) is 0 Å². The van der Waals surface area contributed by atoms with Crippen molar-refractivity contribution < 1.29 is 9.53 Å². The highest BCUT2D eigenvalue weighted by atomic mass is 79.9. The van der Waals surface area contributed by atoms with E-state index in [2.05, 4.69) is 27.3 Å². The first kappa shape index (κ1) is 16.1. The number of ether oxygens (including phenoxy) is 1. The minimum absolute atomic E-state index is 0.0608. The fourth-order valence-corrected chi connectivity index (χ4v) is 2.66. The van der Waals surface area contributed by atoms with Gasteiger partial charge in [-0.3, -0.25) is 4.79 Å². The molecular formula is C17H22BrNO2. The SMILES string of the molecule is C[C@@H](Oc1ccc(Br)cc1)C(=O)NCCC1=CCCCC1. The number of benzene rings is 1. The van der Waals surface area contributed by atoms with Crippen molar-refractivity contribution in [1.82, 2.24) is 5.32 Å². The van der Waals surface area contributed by atoms with Crippen molar-refractivity contribution in [3.63, 3.8) is 0 Å². The van der Waals surface area contributed by atoms with E-state index in [0.717, 1.165) is 10.9 Å². The maximum Gasteiger partial charge on any atom is 0.260 e. The molecular weight excluding hydrogens is 330 g/mol. The molecule has 0 radical (unpaired) electrons. The quantitative estimate of drug-likeness (QED) is 0.779. The van der Waals surface area contributed by atoms with E-state index in [4.69, 9.17) is 4.74 Å². The molecule has 0 fully saturated rings. The molecule has 1 amide bonds. The highest BCUT2D eigenvalue weighted by molar-refractivity contribution is 9.10. The van der Waals surface area contributed by atoms with Crippen molar-refractivity contribution in [1.29, 1.82) is 0 Å². The van der Waals surface area contributed by atoms with E-state index >= 15 is 0 Å². The van der Waals surface area contributed by atoms with Crippen LogP contribution in [0.15, 0.2) is 40.4 Å². The Bertz CT molecular complexity index is 496. The zero-order chi connectivity index (χ0) is 15.1. The highest BCUT2D eigenvalue weighted by Gasteiger charge is 2.14. The molecule has 4 heteroatoms. The van der Waals surface area contributed by atoms with Gasteiger partial charge in [0.25, 0.3) is 5.91 Å². The van der Waals surface area contributed by atoms with E-state index in [1.54, 1.807) is 6.92 Å². The molecule has 1 aromatic carbocycles. The number of amides is 1. The molecule has 1 N–H and O–H groups in total. The minimum Gasteiger partial charge on any atom is -0.481 e. The second kappa shape index (κ2) is 8.23. The summed E-state index contributed by atoms with van der Waals surface area (Å²) in [6.07, 6.45) is 7.74. The van der Waals surface area contributed by atoms with Crippen LogP contribution in [0.25, 0.3) is 0 Å². The number of halogens is 1. The molecule has 0 aliphatic heterocycles. The Hall–Kier alpha value is -1.29. The van der Waals surface area contributed by atoms with Gasteiger partial charge in [-0.2, -0.15) is 0 Å². The number of rotatable bonds is 6. The van der Waals surface area contributed by atoms with Gasteiger partial charge in [-0.1, -0.05) is 27.6 Å². The third-order valence-corrected chi connectivity index (χ3v) is 4.15. The summed E-state index contributed by atoms with van der Waals surface area (Å²) in [5.41, 5.74) is 1.48. The Balaban J connectivity index is 1.72. The summed E-state index contributed by atoms with van der Waals surface area (Å²) in [5, 5.41) is 2.95. The monoisotopic (exact) mass is 351 g/mol. The molecule has 0 saturated heterocycles. The molecule has 2 rings (SSSR count). The molecule has 1 aromatic rings. The van der Waals surface area contributed by atoms with Crippen molar-refractivity contribution in [2.75, 3.05) is 6.54 Å². The summed E-state index contributed by atoms with van der Waals surface area (Å²) in [4.78, 5) is 12.0. The van der Waals surface area contributed by atoms with E-state index in [1.165, 1.54) is 31.3 Å². The van der Waals surface area contributed by atoms with Crippen molar-refractivity contribution in [3.05, 3.63) is 40.4 Å². The molecule has 0 spiro atoms. The summed E-state index contributed by atoms with van der Waals surface area (Å²) in [5.74, 6) is 0.644. The number of hydrogen-bond acceptors (Lipinski definition) is 2. The molecule has 0 heterocycles. The second-order valence-corrected chi connectivity index (χ2v) is 6.28. The summed E-state index contributed by atoms with van der Waals surface area (Å²) in [7, 11) is 0. The third-order valence-electron chi connectivity index (χ3n) is 3.63. The van der Waals surface area contributed by atoms with Crippen molar-refractivity contribution in [2.45, 2.75) is 45.1 Å². The van der Waals surface area contributed by atoms with E-state index in [-0.39, 0.29) is 5.91 Å². The standard InChI is InChI=1S/C17H22BrNO2/c1-13(21-16-9-7-15(18)8-10-16)17(20)19-12-11-14-5-3-2-4-6-14/h5,7-10,13H,2-4,6,11-12H2,1H3,(H,19,20)/t13-/m1/s1. The highest BCUT2D eigenvalue weighted by Crippen LogP contribution is 2.19. The molecule has 0 bridgehead atoms. The average molecular weight is 352 g/mol. The zero-order valence-corrected chi connectivity index (χ0v) is 14.0. The van der Waals surface area contributed by atoms with E-state index in [9.17, 15) is 4.79 Å². The molecule has 114 valence electrons. The second-order valence-electron chi connectivity index (χ2n) is 5.36. The zero-order valence-electron chi connectivity index (χ0n) is 12.4. The Labute approximate surface area is 134 Å². The lowest BCUT2D eigenvalue weighted by Crippen LogP contribution is -2.36. The van der Waals surface area contributed by atoms with Crippen LogP contribution in [0.1, 0.15) is 39.0 Å². The third kappa shape index (κ3) is 5.54.